The minimum absolute atomic E-state index is 0.113. The van der Waals surface area contributed by atoms with Crippen LogP contribution in [0.1, 0.15) is 37.0 Å². The lowest BCUT2D eigenvalue weighted by Gasteiger charge is -2.30. The van der Waals surface area contributed by atoms with Crippen LogP contribution >= 0.6 is 11.6 Å². The minimum atomic E-state index is -0.311. The van der Waals surface area contributed by atoms with E-state index in [-0.39, 0.29) is 11.4 Å². The number of pyridine rings is 1. The average Bonchev–Trinajstić information content (AvgIpc) is 2.37. The molecule has 0 unspecified atom stereocenters. The van der Waals surface area contributed by atoms with Gasteiger partial charge in [-0.05, 0) is 25.0 Å². The Hall–Kier alpha value is -1.09. The van der Waals surface area contributed by atoms with E-state index < -0.39 is 0 Å². The summed E-state index contributed by atoms with van der Waals surface area (Å²) in [6, 6.07) is 3.49. The van der Waals surface area contributed by atoms with Crippen molar-refractivity contribution in [2.75, 3.05) is 5.88 Å². The molecule has 3 nitrogen and oxygen atoms in total. The summed E-state index contributed by atoms with van der Waals surface area (Å²) in [5.74, 6) is 0.309. The predicted octanol–water partition coefficient (Wildman–Crippen LogP) is 2.61. The first-order valence-corrected chi connectivity index (χ1v) is 5.99. The molecule has 1 heterocycles. The molecule has 0 aliphatic carbocycles. The zero-order valence-corrected chi connectivity index (χ0v) is 10.4. The lowest BCUT2D eigenvalue weighted by molar-refractivity contribution is 0.0902. The number of alkyl halides is 1. The highest BCUT2D eigenvalue weighted by Crippen LogP contribution is 2.17. The molecule has 16 heavy (non-hydrogen) atoms. The molecule has 0 saturated heterocycles. The maximum absolute atomic E-state index is 11.9. The van der Waals surface area contributed by atoms with E-state index in [1.54, 1.807) is 24.5 Å². The Balaban J connectivity index is 2.77. The molecule has 1 amide bonds. The van der Waals surface area contributed by atoms with Gasteiger partial charge in [-0.1, -0.05) is 13.8 Å². The molecule has 1 aromatic heterocycles. The van der Waals surface area contributed by atoms with Crippen molar-refractivity contribution < 1.29 is 4.79 Å². The van der Waals surface area contributed by atoms with E-state index >= 15 is 0 Å². The van der Waals surface area contributed by atoms with Gasteiger partial charge in [-0.2, -0.15) is 0 Å². The second kappa shape index (κ2) is 5.85. The Labute approximate surface area is 101 Å². The van der Waals surface area contributed by atoms with Crippen LogP contribution in [0.4, 0.5) is 0 Å². The summed E-state index contributed by atoms with van der Waals surface area (Å²) < 4.78 is 0. The number of aromatic nitrogens is 1. The van der Waals surface area contributed by atoms with Gasteiger partial charge >= 0.3 is 0 Å². The molecule has 0 aliphatic rings. The first-order valence-electron chi connectivity index (χ1n) is 5.46. The van der Waals surface area contributed by atoms with E-state index in [4.69, 9.17) is 11.6 Å². The van der Waals surface area contributed by atoms with Crippen LogP contribution in [-0.2, 0) is 0 Å². The Morgan fingerprint density at radius 3 is 2.62 bits per heavy atom. The fraction of sp³-hybridized carbons (Fsp3) is 0.500. The highest BCUT2D eigenvalue weighted by Gasteiger charge is 2.27. The molecule has 0 aromatic carbocycles. The number of carbonyl (C=O) groups excluding carboxylic acids is 1. The van der Waals surface area contributed by atoms with Crippen LogP contribution in [0.5, 0.6) is 0 Å². The van der Waals surface area contributed by atoms with Crippen molar-refractivity contribution in [2.24, 2.45) is 0 Å². The summed E-state index contributed by atoms with van der Waals surface area (Å²) in [5.41, 5.74) is 0.257. The standard InChI is InChI=1S/C12H17ClN2O/c1-3-12(4-2,9-13)15-11(16)10-6-5-7-14-8-10/h5-8H,3-4,9H2,1-2H3,(H,15,16). The Kier molecular flexibility index (Phi) is 4.74. The fourth-order valence-electron chi connectivity index (χ4n) is 1.46. The molecule has 0 spiro atoms. The van der Waals surface area contributed by atoms with E-state index in [0.717, 1.165) is 12.8 Å². The number of nitrogens with zero attached hydrogens (tertiary/aromatic N) is 1. The van der Waals surface area contributed by atoms with Crippen molar-refractivity contribution in [3.63, 3.8) is 0 Å². The summed E-state index contributed by atoms with van der Waals surface area (Å²) in [7, 11) is 0. The van der Waals surface area contributed by atoms with Crippen LogP contribution in [0, 0.1) is 0 Å². The molecule has 1 N–H and O–H groups in total. The fourth-order valence-corrected chi connectivity index (χ4v) is 1.90. The Bertz CT molecular complexity index is 328. The van der Waals surface area contributed by atoms with Gasteiger partial charge in [0, 0.05) is 18.3 Å². The number of hydrogen-bond donors (Lipinski definition) is 1. The van der Waals surface area contributed by atoms with Crippen LogP contribution < -0.4 is 5.32 Å². The molecule has 0 bridgehead atoms. The van der Waals surface area contributed by atoms with Crippen molar-refractivity contribution in [1.82, 2.24) is 10.3 Å². The number of hydrogen-bond acceptors (Lipinski definition) is 2. The average molecular weight is 241 g/mol. The van der Waals surface area contributed by atoms with Crippen LogP contribution in [0.3, 0.4) is 0 Å². The second-order valence-corrected chi connectivity index (χ2v) is 4.08. The third-order valence-corrected chi connectivity index (χ3v) is 3.42. The van der Waals surface area contributed by atoms with Crippen LogP contribution in [0.25, 0.3) is 0 Å². The van der Waals surface area contributed by atoms with E-state index in [2.05, 4.69) is 10.3 Å². The highest BCUT2D eigenvalue weighted by molar-refractivity contribution is 6.18. The van der Waals surface area contributed by atoms with Gasteiger partial charge in [0.15, 0.2) is 0 Å². The van der Waals surface area contributed by atoms with Gasteiger partial charge in [0.1, 0.15) is 0 Å². The Morgan fingerprint density at radius 2 is 2.19 bits per heavy atom. The van der Waals surface area contributed by atoms with Crippen molar-refractivity contribution >= 4 is 17.5 Å². The molecule has 4 heteroatoms. The third-order valence-electron chi connectivity index (χ3n) is 2.91. The van der Waals surface area contributed by atoms with Gasteiger partial charge in [0.2, 0.25) is 0 Å². The van der Waals surface area contributed by atoms with E-state index in [9.17, 15) is 4.79 Å². The van der Waals surface area contributed by atoms with Gasteiger partial charge < -0.3 is 5.32 Å². The van der Waals surface area contributed by atoms with E-state index in [1.165, 1.54) is 0 Å². The smallest absolute Gasteiger partial charge is 0.253 e. The zero-order chi connectivity index (χ0) is 12.0. The van der Waals surface area contributed by atoms with Crippen molar-refractivity contribution in [3.05, 3.63) is 30.1 Å². The first kappa shape index (κ1) is 13.0. The molecule has 0 atom stereocenters. The number of carbonyl (C=O) groups is 1. The molecule has 0 radical (unpaired) electrons. The highest BCUT2D eigenvalue weighted by atomic mass is 35.5. The van der Waals surface area contributed by atoms with E-state index in [1.807, 2.05) is 13.8 Å². The van der Waals surface area contributed by atoms with Gasteiger partial charge in [-0.25, -0.2) is 0 Å². The topological polar surface area (TPSA) is 42.0 Å². The molecule has 0 fully saturated rings. The van der Waals surface area contributed by atoms with Crippen molar-refractivity contribution in [2.45, 2.75) is 32.2 Å². The number of nitrogens with one attached hydrogen (secondary N) is 1. The quantitative estimate of drug-likeness (QED) is 0.804. The SMILES string of the molecule is CCC(CC)(CCl)NC(=O)c1cccnc1. The minimum Gasteiger partial charge on any atom is -0.345 e. The molecular formula is C12H17ClN2O. The maximum Gasteiger partial charge on any atom is 0.253 e. The normalized spacial score (nSPS) is 11.2. The number of amides is 1. The van der Waals surface area contributed by atoms with Crippen molar-refractivity contribution in [3.8, 4) is 0 Å². The van der Waals surface area contributed by atoms with E-state index in [0.29, 0.717) is 11.4 Å². The van der Waals surface area contributed by atoms with Crippen LogP contribution in [0.15, 0.2) is 24.5 Å². The zero-order valence-electron chi connectivity index (χ0n) is 9.66. The molecule has 88 valence electrons. The van der Waals surface area contributed by atoms with Gasteiger partial charge in [-0.15, -0.1) is 11.6 Å². The molecule has 0 aliphatic heterocycles. The summed E-state index contributed by atoms with van der Waals surface area (Å²) in [5, 5.41) is 2.98. The predicted molar refractivity (Wildman–Crippen MR) is 65.7 cm³/mol. The molecule has 1 rings (SSSR count). The largest absolute Gasteiger partial charge is 0.345 e. The van der Waals surface area contributed by atoms with Crippen molar-refractivity contribution in [1.29, 1.82) is 0 Å². The molecule has 1 aromatic rings. The number of halogens is 1. The lowest BCUT2D eigenvalue weighted by atomic mass is 9.95. The van der Waals surface area contributed by atoms with Crippen LogP contribution in [0.2, 0.25) is 0 Å². The third kappa shape index (κ3) is 2.95. The molecular weight excluding hydrogens is 224 g/mol. The van der Waals surface area contributed by atoms with Gasteiger partial charge in [-0.3, -0.25) is 9.78 Å². The summed E-state index contributed by atoms with van der Waals surface area (Å²) in [6.07, 6.45) is 4.84. The van der Waals surface area contributed by atoms with Gasteiger partial charge in [0.25, 0.3) is 5.91 Å². The monoisotopic (exact) mass is 240 g/mol. The summed E-state index contributed by atoms with van der Waals surface area (Å²) in [4.78, 5) is 15.8. The Morgan fingerprint density at radius 1 is 1.50 bits per heavy atom. The summed E-state index contributed by atoms with van der Waals surface area (Å²) >= 11 is 5.93. The van der Waals surface area contributed by atoms with Crippen LogP contribution in [-0.4, -0.2) is 22.3 Å². The lowest BCUT2D eigenvalue weighted by Crippen LogP contribution is -2.49. The first-order chi connectivity index (χ1) is 7.67. The number of rotatable bonds is 5. The maximum atomic E-state index is 11.9. The summed E-state index contributed by atoms with van der Waals surface area (Å²) in [6.45, 7) is 4.05. The second-order valence-electron chi connectivity index (χ2n) is 3.82. The van der Waals surface area contributed by atoms with Gasteiger partial charge in [0.05, 0.1) is 11.1 Å². The molecule has 0 saturated carbocycles.